The minimum absolute atomic E-state index is 0.0517. The monoisotopic (exact) mass is 680 g/mol. The molecule has 256 valence electrons. The molecule has 0 fully saturated rings. The first-order valence-electron chi connectivity index (χ1n) is 13.9. The molecular formula is C31H29F9N2O5. The van der Waals surface area contributed by atoms with Crippen LogP contribution < -0.4 is 20.1 Å². The molecule has 1 atom stereocenters. The number of esters is 1. The van der Waals surface area contributed by atoms with Gasteiger partial charge in [-0.05, 0) is 65.9 Å². The van der Waals surface area contributed by atoms with E-state index in [1.54, 1.807) is 5.32 Å². The van der Waals surface area contributed by atoms with Gasteiger partial charge in [-0.1, -0.05) is 24.3 Å². The highest BCUT2D eigenvalue weighted by molar-refractivity contribution is 5.76. The molecule has 3 aromatic carbocycles. The van der Waals surface area contributed by atoms with Crippen molar-refractivity contribution in [3.05, 3.63) is 95.1 Å². The summed E-state index contributed by atoms with van der Waals surface area (Å²) in [5.74, 6) is -3.16. The third-order valence-corrected chi connectivity index (χ3v) is 6.65. The van der Waals surface area contributed by atoms with Gasteiger partial charge in [-0.15, -0.1) is 0 Å². The van der Waals surface area contributed by atoms with Gasteiger partial charge in [0.05, 0.1) is 19.3 Å². The van der Waals surface area contributed by atoms with Crippen LogP contribution in [-0.2, 0) is 21.5 Å². The minimum atomic E-state index is -5.06. The van der Waals surface area contributed by atoms with E-state index in [0.717, 1.165) is 30.3 Å². The number of amides is 2. The molecular weight excluding hydrogens is 651 g/mol. The van der Waals surface area contributed by atoms with Gasteiger partial charge in [0.2, 0.25) is 0 Å². The lowest BCUT2D eigenvalue weighted by molar-refractivity contribution is -0.253. The number of halogens is 9. The Balaban J connectivity index is 2.06. The fourth-order valence-electron chi connectivity index (χ4n) is 4.46. The van der Waals surface area contributed by atoms with Gasteiger partial charge in [0.15, 0.2) is 0 Å². The average molecular weight is 681 g/mol. The molecule has 3 aromatic rings. The van der Waals surface area contributed by atoms with E-state index in [9.17, 15) is 49.1 Å². The summed E-state index contributed by atoms with van der Waals surface area (Å²) in [5, 5.41) is 3.93. The number of methoxy groups -OCH3 is 1. The van der Waals surface area contributed by atoms with E-state index in [4.69, 9.17) is 4.74 Å². The van der Waals surface area contributed by atoms with E-state index >= 15 is 0 Å². The van der Waals surface area contributed by atoms with Crippen LogP contribution in [0.2, 0.25) is 0 Å². The SMILES string of the molecule is COC(=O)CCCCOc1ccc(C[C@@](NC(=O)NCC(F)(F)F)(c2ccc(F)cc2)c2cc(F)cc(OC(F)(F)C(F)F)c2)cc1. The number of ether oxygens (including phenoxy) is 3. The number of nitrogens with one attached hydrogen (secondary N) is 2. The summed E-state index contributed by atoms with van der Waals surface area (Å²) < 4.78 is 135. The second-order valence-corrected chi connectivity index (χ2v) is 10.2. The maximum Gasteiger partial charge on any atom is 0.461 e. The predicted molar refractivity (Wildman–Crippen MR) is 149 cm³/mol. The van der Waals surface area contributed by atoms with Gasteiger partial charge in [0, 0.05) is 18.9 Å². The van der Waals surface area contributed by atoms with Gasteiger partial charge in [0.1, 0.15) is 29.7 Å². The molecule has 0 bridgehead atoms. The van der Waals surface area contributed by atoms with Crippen molar-refractivity contribution >= 4 is 12.0 Å². The third-order valence-electron chi connectivity index (χ3n) is 6.65. The molecule has 0 saturated carbocycles. The molecule has 0 radical (unpaired) electrons. The van der Waals surface area contributed by atoms with Gasteiger partial charge in [-0.25, -0.2) is 13.6 Å². The van der Waals surface area contributed by atoms with E-state index in [1.165, 1.54) is 31.4 Å². The summed E-state index contributed by atoms with van der Waals surface area (Å²) in [6, 6.07) is 10.4. The Morgan fingerprint density at radius 3 is 2.06 bits per heavy atom. The average Bonchev–Trinajstić information content (AvgIpc) is 2.99. The van der Waals surface area contributed by atoms with Crippen molar-refractivity contribution in [2.75, 3.05) is 20.3 Å². The fraction of sp³-hybridized carbons (Fsp3) is 0.355. The van der Waals surface area contributed by atoms with Gasteiger partial charge in [-0.2, -0.15) is 30.7 Å². The number of benzene rings is 3. The molecule has 0 saturated heterocycles. The van der Waals surface area contributed by atoms with Gasteiger partial charge >= 0.3 is 30.7 Å². The molecule has 3 rings (SSSR count). The van der Waals surface area contributed by atoms with Crippen molar-refractivity contribution < 1.29 is 63.3 Å². The number of urea groups is 1. The molecule has 2 amide bonds. The van der Waals surface area contributed by atoms with Crippen molar-refractivity contribution in [1.29, 1.82) is 0 Å². The normalized spacial score (nSPS) is 13.1. The van der Waals surface area contributed by atoms with Crippen LogP contribution in [0.5, 0.6) is 11.5 Å². The van der Waals surface area contributed by atoms with Crippen LogP contribution in [0.3, 0.4) is 0 Å². The molecule has 0 heterocycles. The molecule has 47 heavy (non-hydrogen) atoms. The lowest BCUT2D eigenvalue weighted by Gasteiger charge is -2.37. The minimum Gasteiger partial charge on any atom is -0.494 e. The van der Waals surface area contributed by atoms with E-state index < -0.39 is 66.2 Å². The lowest BCUT2D eigenvalue weighted by atomic mass is 9.77. The van der Waals surface area contributed by atoms with Crippen LogP contribution in [0.25, 0.3) is 0 Å². The first-order chi connectivity index (χ1) is 22.0. The molecule has 0 aromatic heterocycles. The Morgan fingerprint density at radius 2 is 1.47 bits per heavy atom. The number of hydrogen-bond acceptors (Lipinski definition) is 5. The first kappa shape index (κ1) is 36.8. The zero-order chi connectivity index (χ0) is 34.8. The van der Waals surface area contributed by atoms with Crippen molar-refractivity contribution in [1.82, 2.24) is 10.6 Å². The zero-order valence-electron chi connectivity index (χ0n) is 24.6. The molecule has 2 N–H and O–H groups in total. The summed E-state index contributed by atoms with van der Waals surface area (Å²) in [6.45, 7) is -1.56. The van der Waals surface area contributed by atoms with E-state index in [2.05, 4.69) is 14.8 Å². The number of hydrogen-bond donors (Lipinski definition) is 2. The highest BCUT2D eigenvalue weighted by Crippen LogP contribution is 2.38. The van der Waals surface area contributed by atoms with Gasteiger partial charge in [0.25, 0.3) is 0 Å². The van der Waals surface area contributed by atoms with Gasteiger partial charge in [-0.3, -0.25) is 4.79 Å². The first-order valence-corrected chi connectivity index (χ1v) is 13.9. The fourth-order valence-corrected chi connectivity index (χ4v) is 4.46. The Bertz CT molecular complexity index is 1490. The molecule has 16 heteroatoms. The summed E-state index contributed by atoms with van der Waals surface area (Å²) in [5.41, 5.74) is -2.27. The smallest absolute Gasteiger partial charge is 0.461 e. The zero-order valence-corrected chi connectivity index (χ0v) is 24.6. The molecule has 0 spiro atoms. The van der Waals surface area contributed by atoms with Crippen molar-refractivity contribution in [3.8, 4) is 11.5 Å². The lowest BCUT2D eigenvalue weighted by Crippen LogP contribution is -2.53. The Hall–Kier alpha value is -4.63. The van der Waals surface area contributed by atoms with E-state index in [1.807, 2.05) is 0 Å². The van der Waals surface area contributed by atoms with Crippen molar-refractivity contribution in [3.63, 3.8) is 0 Å². The van der Waals surface area contributed by atoms with Crippen LogP contribution in [-0.4, -0.2) is 51.0 Å². The third kappa shape index (κ3) is 11.0. The second-order valence-electron chi connectivity index (χ2n) is 10.2. The molecule has 0 aliphatic carbocycles. The Morgan fingerprint density at radius 1 is 0.809 bits per heavy atom. The number of carbonyl (C=O) groups is 2. The second kappa shape index (κ2) is 15.8. The molecule has 0 aliphatic rings. The van der Waals surface area contributed by atoms with Crippen LogP contribution in [0.15, 0.2) is 66.7 Å². The number of alkyl halides is 7. The molecule has 0 aliphatic heterocycles. The maximum atomic E-state index is 14.9. The van der Waals surface area contributed by atoms with Crippen molar-refractivity contribution in [2.24, 2.45) is 0 Å². The standard InChI is InChI=1S/C31H29F9N2O5/c1-45-26(43)4-2-3-13-46-24-11-5-19(6-12-24)17-29(20-7-9-22(32)10-8-20,42-28(44)41-18-30(36,37)38)21-14-23(33)16-25(15-21)47-31(39,40)27(34)35/h5-12,14-16,27H,2-4,13,17-18H2,1H3,(H2,41,42,44)/t29-/m1/s1. The van der Waals surface area contributed by atoms with Crippen LogP contribution in [0.4, 0.5) is 44.3 Å². The number of carbonyl (C=O) groups excluding carboxylic acids is 2. The topological polar surface area (TPSA) is 85.9 Å². The Kier molecular flexibility index (Phi) is 12.4. The van der Waals surface area contributed by atoms with Crippen LogP contribution in [0, 0.1) is 11.6 Å². The summed E-state index contributed by atoms with van der Waals surface area (Å²) in [4.78, 5) is 24.1. The molecule has 7 nitrogen and oxygen atoms in total. The highest BCUT2D eigenvalue weighted by Gasteiger charge is 2.45. The summed E-state index contributed by atoms with van der Waals surface area (Å²) in [6.07, 6.45) is -13.4. The summed E-state index contributed by atoms with van der Waals surface area (Å²) >= 11 is 0. The van der Waals surface area contributed by atoms with E-state index in [0.29, 0.717) is 36.3 Å². The Labute approximate surface area is 263 Å². The number of unbranched alkanes of at least 4 members (excludes halogenated alkanes) is 1. The number of rotatable bonds is 15. The predicted octanol–water partition coefficient (Wildman–Crippen LogP) is 7.27. The molecule has 0 unspecified atom stereocenters. The van der Waals surface area contributed by atoms with Gasteiger partial charge < -0.3 is 24.8 Å². The quantitative estimate of drug-likeness (QED) is 0.100. The highest BCUT2D eigenvalue weighted by atomic mass is 19.4. The van der Waals surface area contributed by atoms with Crippen LogP contribution in [0.1, 0.15) is 36.0 Å². The van der Waals surface area contributed by atoms with E-state index in [-0.39, 0.29) is 24.6 Å². The maximum absolute atomic E-state index is 14.9. The summed E-state index contributed by atoms with van der Waals surface area (Å²) in [7, 11) is 1.27. The van der Waals surface area contributed by atoms with Crippen molar-refractivity contribution in [2.45, 2.75) is 49.9 Å². The van der Waals surface area contributed by atoms with Crippen LogP contribution >= 0.6 is 0 Å². The largest absolute Gasteiger partial charge is 0.494 e.